The lowest BCUT2D eigenvalue weighted by atomic mass is 9.97. The maximum Gasteiger partial charge on any atom is 0.346 e. The monoisotopic (exact) mass is 287 g/mol. The van der Waals surface area contributed by atoms with Crippen molar-refractivity contribution >= 4 is 29.1 Å². The van der Waals surface area contributed by atoms with Gasteiger partial charge in [-0.05, 0) is 33.2 Å². The fraction of sp³-hybridized carbons (Fsp3) is 0.0667. The topological polar surface area (TPSA) is 83.6 Å². The average Bonchev–Trinajstić information content (AvgIpc) is 2.43. The molecule has 3 rings (SSSR count). The zero-order valence-electron chi connectivity index (χ0n) is 10.6. The van der Waals surface area contributed by atoms with Crippen LogP contribution in [0.3, 0.4) is 0 Å². The third kappa shape index (κ3) is 2.13. The molecule has 102 valence electrons. The summed E-state index contributed by atoms with van der Waals surface area (Å²) < 4.78 is 11.6. The zero-order valence-corrected chi connectivity index (χ0v) is 11.5. The highest BCUT2D eigenvalue weighted by atomic mass is 31.2. The van der Waals surface area contributed by atoms with Gasteiger partial charge in [-0.1, -0.05) is 48.5 Å². The molecule has 1 atom stereocenters. The molecule has 0 amide bonds. The van der Waals surface area contributed by atoms with Crippen molar-refractivity contribution in [1.82, 2.24) is 0 Å². The molecule has 0 aliphatic rings. The van der Waals surface area contributed by atoms with Crippen LogP contribution < -0.4 is 5.73 Å². The second kappa shape index (κ2) is 4.69. The molecule has 0 saturated heterocycles. The van der Waals surface area contributed by atoms with E-state index in [9.17, 15) is 14.4 Å². The van der Waals surface area contributed by atoms with Crippen molar-refractivity contribution in [3.05, 3.63) is 60.2 Å². The second-order valence-corrected chi connectivity index (χ2v) is 6.50. The number of hydrogen-bond donors (Lipinski definition) is 3. The lowest BCUT2D eigenvalue weighted by Gasteiger charge is -2.18. The molecule has 1 unspecified atom stereocenters. The minimum Gasteiger partial charge on any atom is -0.323 e. The van der Waals surface area contributed by atoms with Crippen molar-refractivity contribution in [2.24, 2.45) is 5.73 Å². The summed E-state index contributed by atoms with van der Waals surface area (Å²) in [5.74, 6) is -1.32. The molecule has 20 heavy (non-hydrogen) atoms. The Labute approximate surface area is 116 Å². The van der Waals surface area contributed by atoms with Gasteiger partial charge in [0.25, 0.3) is 0 Å². The Kier molecular flexibility index (Phi) is 3.11. The van der Waals surface area contributed by atoms with Crippen LogP contribution >= 0.6 is 7.60 Å². The summed E-state index contributed by atoms with van der Waals surface area (Å²) in [4.78, 5) is 18.9. The number of benzene rings is 3. The smallest absolute Gasteiger partial charge is 0.323 e. The summed E-state index contributed by atoms with van der Waals surface area (Å²) in [5, 5.41) is 3.40. The van der Waals surface area contributed by atoms with Crippen LogP contribution in [0.2, 0.25) is 0 Å². The fourth-order valence-corrected chi connectivity index (χ4v) is 3.15. The van der Waals surface area contributed by atoms with E-state index in [1.807, 2.05) is 54.6 Å². The highest BCUT2D eigenvalue weighted by Crippen LogP contribution is 2.51. The van der Waals surface area contributed by atoms with Gasteiger partial charge in [-0.15, -0.1) is 0 Å². The number of hydrogen-bond acceptors (Lipinski definition) is 2. The van der Waals surface area contributed by atoms with Crippen LogP contribution in [-0.2, 0) is 4.57 Å². The third-order valence-electron chi connectivity index (χ3n) is 3.47. The molecule has 4 N–H and O–H groups in total. The fourth-order valence-electron chi connectivity index (χ4n) is 2.54. The van der Waals surface area contributed by atoms with Gasteiger partial charge in [-0.3, -0.25) is 4.57 Å². The average molecular weight is 287 g/mol. The van der Waals surface area contributed by atoms with Crippen LogP contribution in [-0.4, -0.2) is 9.79 Å². The normalized spacial score (nSPS) is 13.8. The Morgan fingerprint density at radius 3 is 1.80 bits per heavy atom. The molecule has 0 heterocycles. The van der Waals surface area contributed by atoms with E-state index < -0.39 is 13.4 Å². The van der Waals surface area contributed by atoms with Crippen LogP contribution in [0.5, 0.6) is 0 Å². The van der Waals surface area contributed by atoms with Gasteiger partial charge in [0.1, 0.15) is 5.78 Å². The molecular weight excluding hydrogens is 273 g/mol. The number of rotatable bonds is 2. The van der Waals surface area contributed by atoms with Crippen molar-refractivity contribution in [2.75, 3.05) is 0 Å². The van der Waals surface area contributed by atoms with Crippen molar-refractivity contribution in [2.45, 2.75) is 5.78 Å². The molecule has 3 aromatic rings. The predicted octanol–water partition coefficient (Wildman–Crippen LogP) is 3.13. The maximum absolute atomic E-state index is 11.6. The highest BCUT2D eigenvalue weighted by molar-refractivity contribution is 7.52. The minimum atomic E-state index is -4.41. The lowest BCUT2D eigenvalue weighted by Crippen LogP contribution is -2.11. The van der Waals surface area contributed by atoms with E-state index in [0.717, 1.165) is 21.5 Å². The highest BCUT2D eigenvalue weighted by Gasteiger charge is 2.29. The van der Waals surface area contributed by atoms with Crippen molar-refractivity contribution in [3.63, 3.8) is 0 Å². The molecule has 0 aromatic heterocycles. The van der Waals surface area contributed by atoms with E-state index in [0.29, 0.717) is 5.56 Å². The van der Waals surface area contributed by atoms with E-state index in [2.05, 4.69) is 0 Å². The molecule has 4 nitrogen and oxygen atoms in total. The summed E-state index contributed by atoms with van der Waals surface area (Å²) in [7, 11) is -4.41. The molecule has 0 spiro atoms. The molecule has 0 saturated carbocycles. The molecule has 0 bridgehead atoms. The van der Waals surface area contributed by atoms with Gasteiger partial charge in [0, 0.05) is 0 Å². The Bertz CT molecular complexity index is 787. The largest absolute Gasteiger partial charge is 0.346 e. The van der Waals surface area contributed by atoms with E-state index in [4.69, 9.17) is 5.73 Å². The Hall–Kier alpha value is -1.71. The van der Waals surface area contributed by atoms with Crippen LogP contribution in [0.1, 0.15) is 11.3 Å². The van der Waals surface area contributed by atoms with E-state index in [1.165, 1.54) is 0 Å². The van der Waals surface area contributed by atoms with E-state index >= 15 is 0 Å². The van der Waals surface area contributed by atoms with Gasteiger partial charge in [0.2, 0.25) is 0 Å². The predicted molar refractivity (Wildman–Crippen MR) is 80.4 cm³/mol. The summed E-state index contributed by atoms with van der Waals surface area (Å²) in [6.07, 6.45) is 0. The quantitative estimate of drug-likeness (QED) is 0.499. The Morgan fingerprint density at radius 2 is 1.35 bits per heavy atom. The molecule has 0 radical (unpaired) electrons. The molecule has 0 fully saturated rings. The summed E-state index contributed by atoms with van der Waals surface area (Å²) in [5.41, 5.74) is 6.35. The van der Waals surface area contributed by atoms with Crippen molar-refractivity contribution in [1.29, 1.82) is 0 Å². The Morgan fingerprint density at radius 1 is 0.900 bits per heavy atom. The van der Waals surface area contributed by atoms with Crippen molar-refractivity contribution in [3.8, 4) is 0 Å². The molecule has 5 heteroatoms. The second-order valence-electron chi connectivity index (χ2n) is 4.77. The van der Waals surface area contributed by atoms with Crippen LogP contribution in [0.15, 0.2) is 54.6 Å². The van der Waals surface area contributed by atoms with Gasteiger partial charge < -0.3 is 15.5 Å². The molecule has 3 aromatic carbocycles. The van der Waals surface area contributed by atoms with Gasteiger partial charge >= 0.3 is 7.60 Å². The standard InChI is InChI=1S/C15H14NO3P/c16-15(20(17,18)19)14-12-7-3-1-5-10(12)9-11-6-2-4-8-13(11)14/h1-9,15H,16H2,(H2,17,18,19). The SMILES string of the molecule is NC(c1c2ccccc2cc2ccccc12)P(=O)(O)O. The maximum atomic E-state index is 11.6. The number of nitrogens with two attached hydrogens (primary N) is 1. The molecular formula is C15H14NO3P. The summed E-state index contributed by atoms with van der Waals surface area (Å²) in [6.45, 7) is 0. The minimum absolute atomic E-state index is 0.507. The zero-order chi connectivity index (χ0) is 14.3. The summed E-state index contributed by atoms with van der Waals surface area (Å²) in [6, 6.07) is 17.0. The van der Waals surface area contributed by atoms with Gasteiger partial charge in [0.15, 0.2) is 0 Å². The third-order valence-corrected chi connectivity index (χ3v) is 4.45. The van der Waals surface area contributed by atoms with E-state index in [1.54, 1.807) is 0 Å². The first kappa shape index (κ1) is 13.3. The van der Waals surface area contributed by atoms with Crippen LogP contribution in [0.25, 0.3) is 21.5 Å². The Balaban J connectivity index is 2.48. The first-order valence-electron chi connectivity index (χ1n) is 6.19. The summed E-state index contributed by atoms with van der Waals surface area (Å²) >= 11 is 0. The van der Waals surface area contributed by atoms with Gasteiger partial charge in [-0.2, -0.15) is 0 Å². The van der Waals surface area contributed by atoms with Gasteiger partial charge in [-0.25, -0.2) is 0 Å². The molecule has 0 aliphatic heterocycles. The molecule has 0 aliphatic carbocycles. The number of fused-ring (bicyclic) bond motifs is 2. The first-order chi connectivity index (χ1) is 9.48. The van der Waals surface area contributed by atoms with Gasteiger partial charge in [0.05, 0.1) is 0 Å². The van der Waals surface area contributed by atoms with Crippen LogP contribution in [0.4, 0.5) is 0 Å². The van der Waals surface area contributed by atoms with Crippen LogP contribution in [0, 0.1) is 0 Å². The first-order valence-corrected chi connectivity index (χ1v) is 7.88. The lowest BCUT2D eigenvalue weighted by molar-refractivity contribution is 0.360. The van der Waals surface area contributed by atoms with Crippen molar-refractivity contribution < 1.29 is 14.4 Å². The van der Waals surface area contributed by atoms with E-state index in [-0.39, 0.29) is 0 Å².